The maximum Gasteiger partial charge on any atom is 0.118 e. The van der Waals surface area contributed by atoms with Gasteiger partial charge < -0.3 is 9.47 Å². The van der Waals surface area contributed by atoms with E-state index in [0.717, 1.165) is 12.4 Å². The number of rotatable bonds is 7. The minimum absolute atomic E-state index is 0.656. The molecular formula is C14H22O2. The Labute approximate surface area is 98.6 Å². The first-order chi connectivity index (χ1) is 7.76. The van der Waals surface area contributed by atoms with E-state index in [4.69, 9.17) is 9.47 Å². The highest BCUT2D eigenvalue weighted by atomic mass is 16.5. The van der Waals surface area contributed by atoms with Crippen LogP contribution in [0.15, 0.2) is 24.3 Å². The third-order valence-corrected chi connectivity index (χ3v) is 2.61. The van der Waals surface area contributed by atoms with Gasteiger partial charge in [0.25, 0.3) is 0 Å². The molecule has 2 heteroatoms. The van der Waals surface area contributed by atoms with Crippen LogP contribution in [0, 0.1) is 5.92 Å². The van der Waals surface area contributed by atoms with E-state index in [-0.39, 0.29) is 0 Å². The van der Waals surface area contributed by atoms with Crippen LogP contribution >= 0.6 is 0 Å². The van der Waals surface area contributed by atoms with Crippen molar-refractivity contribution in [3.05, 3.63) is 29.8 Å². The number of methoxy groups -OCH3 is 1. The maximum absolute atomic E-state index is 5.67. The quantitative estimate of drug-likeness (QED) is 0.701. The molecule has 0 bridgehead atoms. The molecule has 0 N–H and O–H groups in total. The first-order valence-corrected chi connectivity index (χ1v) is 5.97. The Morgan fingerprint density at radius 2 is 1.88 bits per heavy atom. The van der Waals surface area contributed by atoms with Gasteiger partial charge in [-0.1, -0.05) is 32.4 Å². The van der Waals surface area contributed by atoms with Crippen molar-refractivity contribution in [3.8, 4) is 5.75 Å². The Morgan fingerprint density at radius 3 is 2.44 bits per heavy atom. The van der Waals surface area contributed by atoms with Crippen molar-refractivity contribution < 1.29 is 9.47 Å². The minimum Gasteiger partial charge on any atom is -0.497 e. The summed E-state index contributed by atoms with van der Waals surface area (Å²) in [5.74, 6) is 1.55. The minimum atomic E-state index is 0.656. The third-order valence-electron chi connectivity index (χ3n) is 2.61. The molecule has 1 atom stereocenters. The highest BCUT2D eigenvalue weighted by Crippen LogP contribution is 2.13. The lowest BCUT2D eigenvalue weighted by atomic mass is 10.1. The zero-order valence-electron chi connectivity index (χ0n) is 10.5. The van der Waals surface area contributed by atoms with Crippen LogP contribution in [0.3, 0.4) is 0 Å². The zero-order chi connectivity index (χ0) is 11.8. The van der Waals surface area contributed by atoms with Gasteiger partial charge in [0.1, 0.15) is 5.75 Å². The summed E-state index contributed by atoms with van der Waals surface area (Å²) in [7, 11) is 1.68. The van der Waals surface area contributed by atoms with Crippen molar-refractivity contribution in [1.82, 2.24) is 0 Å². The standard InChI is InChI=1S/C14H22O2/c1-4-5-12(2)10-16-11-13-6-8-14(15-3)9-7-13/h6-9,12H,4-5,10-11H2,1-3H3. The van der Waals surface area contributed by atoms with E-state index in [9.17, 15) is 0 Å². The van der Waals surface area contributed by atoms with Gasteiger partial charge in [0.15, 0.2) is 0 Å². The van der Waals surface area contributed by atoms with Crippen molar-refractivity contribution in [2.75, 3.05) is 13.7 Å². The Bertz CT molecular complexity index is 279. The van der Waals surface area contributed by atoms with Gasteiger partial charge in [-0.15, -0.1) is 0 Å². The molecule has 16 heavy (non-hydrogen) atoms. The number of hydrogen-bond acceptors (Lipinski definition) is 2. The van der Waals surface area contributed by atoms with Crippen LogP contribution in [0.5, 0.6) is 5.75 Å². The Morgan fingerprint density at radius 1 is 1.19 bits per heavy atom. The first-order valence-electron chi connectivity index (χ1n) is 5.97. The smallest absolute Gasteiger partial charge is 0.118 e. The monoisotopic (exact) mass is 222 g/mol. The average Bonchev–Trinajstić information content (AvgIpc) is 2.30. The third kappa shape index (κ3) is 4.67. The molecule has 0 fully saturated rings. The van der Waals surface area contributed by atoms with Gasteiger partial charge in [-0.2, -0.15) is 0 Å². The fourth-order valence-electron chi connectivity index (χ4n) is 1.68. The molecular weight excluding hydrogens is 200 g/mol. The molecule has 0 saturated heterocycles. The van der Waals surface area contributed by atoms with E-state index >= 15 is 0 Å². The molecule has 0 aliphatic heterocycles. The van der Waals surface area contributed by atoms with Gasteiger partial charge in [0, 0.05) is 6.61 Å². The van der Waals surface area contributed by atoms with E-state index in [2.05, 4.69) is 13.8 Å². The maximum atomic E-state index is 5.67. The molecule has 0 amide bonds. The van der Waals surface area contributed by atoms with Crippen LogP contribution in [0.1, 0.15) is 32.3 Å². The van der Waals surface area contributed by atoms with Gasteiger partial charge >= 0.3 is 0 Å². The van der Waals surface area contributed by atoms with Crippen molar-refractivity contribution in [2.45, 2.75) is 33.3 Å². The number of hydrogen-bond donors (Lipinski definition) is 0. The Hall–Kier alpha value is -1.02. The number of benzene rings is 1. The molecule has 0 heterocycles. The van der Waals surface area contributed by atoms with Gasteiger partial charge in [-0.05, 0) is 30.0 Å². The second-order valence-electron chi connectivity index (χ2n) is 4.26. The molecule has 90 valence electrons. The average molecular weight is 222 g/mol. The van der Waals surface area contributed by atoms with E-state index in [1.807, 2.05) is 24.3 Å². The molecule has 0 aliphatic rings. The van der Waals surface area contributed by atoms with E-state index < -0.39 is 0 Å². The molecule has 2 nitrogen and oxygen atoms in total. The molecule has 0 aliphatic carbocycles. The summed E-state index contributed by atoms with van der Waals surface area (Å²) in [6, 6.07) is 8.02. The summed E-state index contributed by atoms with van der Waals surface area (Å²) in [5.41, 5.74) is 1.20. The predicted molar refractivity (Wildman–Crippen MR) is 66.7 cm³/mol. The Kier molecular flexibility index (Phi) is 5.94. The topological polar surface area (TPSA) is 18.5 Å². The molecule has 1 unspecified atom stereocenters. The lowest BCUT2D eigenvalue weighted by Crippen LogP contribution is -2.05. The normalized spacial score (nSPS) is 12.4. The molecule has 1 aromatic carbocycles. The van der Waals surface area contributed by atoms with Gasteiger partial charge in [-0.3, -0.25) is 0 Å². The molecule has 1 rings (SSSR count). The fourth-order valence-corrected chi connectivity index (χ4v) is 1.68. The predicted octanol–water partition coefficient (Wildman–Crippen LogP) is 3.65. The highest BCUT2D eigenvalue weighted by molar-refractivity contribution is 5.26. The molecule has 0 radical (unpaired) electrons. The van der Waals surface area contributed by atoms with E-state index in [1.165, 1.54) is 18.4 Å². The summed E-state index contributed by atoms with van der Waals surface area (Å²) in [5, 5.41) is 0. The highest BCUT2D eigenvalue weighted by Gasteiger charge is 2.01. The van der Waals surface area contributed by atoms with Crippen molar-refractivity contribution in [2.24, 2.45) is 5.92 Å². The molecule has 0 saturated carbocycles. The second kappa shape index (κ2) is 7.29. The fraction of sp³-hybridized carbons (Fsp3) is 0.571. The molecule has 0 aromatic heterocycles. The first kappa shape index (κ1) is 13.0. The summed E-state index contributed by atoms with van der Waals surface area (Å²) in [4.78, 5) is 0. The molecule has 1 aromatic rings. The van der Waals surface area contributed by atoms with Crippen LogP contribution in [0.4, 0.5) is 0 Å². The number of ether oxygens (including phenoxy) is 2. The van der Waals surface area contributed by atoms with Crippen LogP contribution < -0.4 is 4.74 Å². The zero-order valence-corrected chi connectivity index (χ0v) is 10.5. The van der Waals surface area contributed by atoms with Gasteiger partial charge in [0.2, 0.25) is 0 Å². The lowest BCUT2D eigenvalue weighted by Gasteiger charge is -2.10. The molecule has 0 spiro atoms. The lowest BCUT2D eigenvalue weighted by molar-refractivity contribution is 0.0893. The van der Waals surface area contributed by atoms with E-state index in [1.54, 1.807) is 7.11 Å². The largest absolute Gasteiger partial charge is 0.497 e. The van der Waals surface area contributed by atoms with Crippen LogP contribution in [0.2, 0.25) is 0 Å². The van der Waals surface area contributed by atoms with Gasteiger partial charge in [0.05, 0.1) is 13.7 Å². The summed E-state index contributed by atoms with van der Waals surface area (Å²) < 4.78 is 10.8. The summed E-state index contributed by atoms with van der Waals surface area (Å²) in [6.07, 6.45) is 2.47. The van der Waals surface area contributed by atoms with Gasteiger partial charge in [-0.25, -0.2) is 0 Å². The van der Waals surface area contributed by atoms with Crippen molar-refractivity contribution in [1.29, 1.82) is 0 Å². The Balaban J connectivity index is 2.26. The van der Waals surface area contributed by atoms with Crippen molar-refractivity contribution >= 4 is 0 Å². The van der Waals surface area contributed by atoms with Crippen LogP contribution in [-0.4, -0.2) is 13.7 Å². The second-order valence-corrected chi connectivity index (χ2v) is 4.26. The van der Waals surface area contributed by atoms with Crippen LogP contribution in [-0.2, 0) is 11.3 Å². The van der Waals surface area contributed by atoms with Crippen LogP contribution in [0.25, 0.3) is 0 Å². The SMILES string of the molecule is CCCC(C)COCc1ccc(OC)cc1. The van der Waals surface area contributed by atoms with E-state index in [0.29, 0.717) is 12.5 Å². The van der Waals surface area contributed by atoms with Crippen molar-refractivity contribution in [3.63, 3.8) is 0 Å². The summed E-state index contributed by atoms with van der Waals surface area (Å²) in [6.45, 7) is 5.98. The summed E-state index contributed by atoms with van der Waals surface area (Å²) >= 11 is 0.